The molecule has 0 aliphatic rings. The van der Waals surface area contributed by atoms with Gasteiger partial charge >= 0.3 is 0 Å². The van der Waals surface area contributed by atoms with Gasteiger partial charge in [0.1, 0.15) is 11.6 Å². The van der Waals surface area contributed by atoms with Crippen LogP contribution in [0.1, 0.15) is 46.9 Å². The Balaban J connectivity index is 2.30. The molecule has 1 aromatic heterocycles. The Morgan fingerprint density at radius 2 is 2.00 bits per heavy atom. The van der Waals surface area contributed by atoms with Gasteiger partial charge in [-0.1, -0.05) is 13.3 Å². The average Bonchev–Trinajstić information content (AvgIpc) is 2.69. The van der Waals surface area contributed by atoms with E-state index in [9.17, 15) is 13.2 Å². The summed E-state index contributed by atoms with van der Waals surface area (Å²) >= 11 is 0. The van der Waals surface area contributed by atoms with Crippen molar-refractivity contribution in [2.45, 2.75) is 33.1 Å². The van der Waals surface area contributed by atoms with Crippen LogP contribution in [0, 0.1) is 6.92 Å². The maximum atomic E-state index is 12.4. The number of nitrogens with zero attached hydrogens (tertiary/aromatic N) is 2. The van der Waals surface area contributed by atoms with Crippen LogP contribution in [0.5, 0.6) is 5.75 Å². The minimum absolute atomic E-state index is 0.180. The third-order valence-corrected chi connectivity index (χ3v) is 5.33. The van der Waals surface area contributed by atoms with E-state index in [1.807, 2.05) is 6.92 Å². The van der Waals surface area contributed by atoms with E-state index < -0.39 is 21.8 Å². The highest BCUT2D eigenvalue weighted by atomic mass is 32.2. The molecule has 0 atom stereocenters. The van der Waals surface area contributed by atoms with Gasteiger partial charge in [0.15, 0.2) is 0 Å². The quantitative estimate of drug-likeness (QED) is 0.295. The third-order valence-electron chi connectivity index (χ3n) is 4.61. The van der Waals surface area contributed by atoms with E-state index >= 15 is 0 Å². The van der Waals surface area contributed by atoms with Gasteiger partial charge in [-0.15, -0.1) is 0 Å². The van der Waals surface area contributed by atoms with Crippen LogP contribution < -0.4 is 21.1 Å². The average molecular weight is 452 g/mol. The van der Waals surface area contributed by atoms with Crippen molar-refractivity contribution in [3.8, 4) is 5.75 Å². The Morgan fingerprint density at radius 1 is 1.26 bits per heavy atom. The van der Waals surface area contributed by atoms with Crippen LogP contribution in [-0.2, 0) is 16.5 Å². The van der Waals surface area contributed by atoms with Crippen molar-refractivity contribution < 1.29 is 22.5 Å². The maximum Gasteiger partial charge on any atom is 0.266 e. The lowest BCUT2D eigenvalue weighted by atomic mass is 10.0. The van der Waals surface area contributed by atoms with Gasteiger partial charge in [0.25, 0.3) is 16.0 Å². The van der Waals surface area contributed by atoms with Crippen molar-refractivity contribution in [2.75, 3.05) is 37.0 Å². The number of methoxy groups -OCH3 is 1. The SMILES string of the molecule is CCCCNc1nc(N)nc(C)c1Cc1cc(C(=O)NCCS(=O)(=O)O)ccc1OC. The molecule has 0 radical (unpaired) electrons. The van der Waals surface area contributed by atoms with Crippen LogP contribution in [0.2, 0.25) is 0 Å². The largest absolute Gasteiger partial charge is 0.496 e. The van der Waals surface area contributed by atoms with Crippen molar-refractivity contribution >= 4 is 27.8 Å². The fourth-order valence-electron chi connectivity index (χ4n) is 3.00. The fraction of sp³-hybridized carbons (Fsp3) is 0.450. The number of anilines is 2. The predicted octanol–water partition coefficient (Wildman–Crippen LogP) is 1.80. The number of aryl methyl sites for hydroxylation is 1. The fourth-order valence-corrected chi connectivity index (χ4v) is 3.36. The van der Waals surface area contributed by atoms with Gasteiger partial charge < -0.3 is 21.1 Å². The first-order valence-electron chi connectivity index (χ1n) is 9.91. The van der Waals surface area contributed by atoms with Gasteiger partial charge in [0, 0.05) is 36.3 Å². The summed E-state index contributed by atoms with van der Waals surface area (Å²) < 4.78 is 35.9. The number of amides is 1. The number of hydrogen-bond donors (Lipinski definition) is 4. The van der Waals surface area contributed by atoms with Gasteiger partial charge in [-0.05, 0) is 37.1 Å². The Kier molecular flexibility index (Phi) is 8.57. The number of ether oxygens (including phenoxy) is 1. The molecule has 0 aliphatic carbocycles. The summed E-state index contributed by atoms with van der Waals surface area (Å²) in [6.07, 6.45) is 2.41. The lowest BCUT2D eigenvalue weighted by molar-refractivity contribution is 0.0956. The predicted molar refractivity (Wildman–Crippen MR) is 119 cm³/mol. The monoisotopic (exact) mass is 451 g/mol. The van der Waals surface area contributed by atoms with Crippen LogP contribution in [0.25, 0.3) is 0 Å². The van der Waals surface area contributed by atoms with E-state index in [4.69, 9.17) is 15.0 Å². The standard InChI is InChI=1S/C20H29N5O5S/c1-4-5-8-22-18-16(13(2)24-20(21)25-18)12-15-11-14(6-7-17(15)30-3)19(26)23-9-10-31(27,28)29/h6-7,11H,4-5,8-10,12H2,1-3H3,(H,23,26)(H,27,28,29)(H3,21,22,24,25). The zero-order valence-electron chi connectivity index (χ0n) is 17.9. The highest BCUT2D eigenvalue weighted by Gasteiger charge is 2.16. The van der Waals surface area contributed by atoms with Crippen molar-refractivity contribution in [3.05, 3.63) is 40.6 Å². The number of nitrogen functional groups attached to an aromatic ring is 1. The first-order valence-corrected chi connectivity index (χ1v) is 11.5. The van der Waals surface area contributed by atoms with E-state index in [2.05, 4.69) is 27.5 Å². The molecular weight excluding hydrogens is 422 g/mol. The second kappa shape index (κ2) is 10.9. The molecule has 2 rings (SSSR count). The highest BCUT2D eigenvalue weighted by molar-refractivity contribution is 7.85. The molecule has 10 nitrogen and oxygen atoms in total. The molecule has 0 fully saturated rings. The van der Waals surface area contributed by atoms with Crippen LogP contribution in [-0.4, -0.2) is 54.8 Å². The lowest BCUT2D eigenvalue weighted by Crippen LogP contribution is -2.29. The number of benzene rings is 1. The maximum absolute atomic E-state index is 12.4. The molecule has 0 bridgehead atoms. The van der Waals surface area contributed by atoms with Crippen LogP contribution in [0.4, 0.5) is 11.8 Å². The van der Waals surface area contributed by atoms with Crippen molar-refractivity contribution in [1.29, 1.82) is 0 Å². The summed E-state index contributed by atoms with van der Waals surface area (Å²) in [5.74, 6) is 0.392. The molecule has 0 unspecified atom stereocenters. The molecule has 0 aliphatic heterocycles. The van der Waals surface area contributed by atoms with Gasteiger partial charge in [0.2, 0.25) is 5.95 Å². The van der Waals surface area contributed by atoms with Crippen LogP contribution >= 0.6 is 0 Å². The normalized spacial score (nSPS) is 11.2. The molecule has 1 aromatic carbocycles. The lowest BCUT2D eigenvalue weighted by Gasteiger charge is -2.16. The van der Waals surface area contributed by atoms with Gasteiger partial charge in [-0.25, -0.2) is 4.98 Å². The first-order chi connectivity index (χ1) is 14.6. The Bertz CT molecular complexity index is 1030. The molecule has 5 N–H and O–H groups in total. The topological polar surface area (TPSA) is 157 Å². The smallest absolute Gasteiger partial charge is 0.266 e. The number of carbonyl (C=O) groups is 1. The molecule has 170 valence electrons. The number of hydrogen-bond acceptors (Lipinski definition) is 8. The van der Waals surface area contributed by atoms with E-state index in [0.717, 1.165) is 36.2 Å². The van der Waals surface area contributed by atoms with Crippen molar-refractivity contribution in [3.63, 3.8) is 0 Å². The summed E-state index contributed by atoms with van der Waals surface area (Å²) in [5, 5.41) is 5.78. The first kappa shape index (κ1) is 24.4. The molecule has 1 heterocycles. The van der Waals surface area contributed by atoms with Crippen LogP contribution in [0.15, 0.2) is 18.2 Å². The van der Waals surface area contributed by atoms with Crippen molar-refractivity contribution in [2.24, 2.45) is 0 Å². The number of aromatic nitrogens is 2. The molecule has 0 saturated carbocycles. The molecule has 0 saturated heterocycles. The molecule has 11 heteroatoms. The summed E-state index contributed by atoms with van der Waals surface area (Å²) in [6.45, 7) is 4.48. The number of nitrogens with one attached hydrogen (secondary N) is 2. The van der Waals surface area contributed by atoms with E-state index in [-0.39, 0.29) is 12.5 Å². The summed E-state index contributed by atoms with van der Waals surface area (Å²) in [4.78, 5) is 21.0. The number of nitrogens with two attached hydrogens (primary N) is 1. The summed E-state index contributed by atoms with van der Waals surface area (Å²) in [6, 6.07) is 4.93. The zero-order chi connectivity index (χ0) is 23.0. The van der Waals surface area contributed by atoms with Gasteiger partial charge in [-0.2, -0.15) is 13.4 Å². The van der Waals surface area contributed by atoms with Gasteiger partial charge in [0.05, 0.1) is 12.9 Å². The Hall–Kier alpha value is -2.92. The number of unbranched alkanes of at least 4 members (excludes halogenated alkanes) is 1. The minimum atomic E-state index is -4.15. The Morgan fingerprint density at radius 3 is 2.65 bits per heavy atom. The molecular formula is C20H29N5O5S. The van der Waals surface area contributed by atoms with E-state index in [1.54, 1.807) is 18.2 Å². The highest BCUT2D eigenvalue weighted by Crippen LogP contribution is 2.27. The molecule has 0 spiro atoms. The second-order valence-electron chi connectivity index (χ2n) is 7.02. The molecule has 1 amide bonds. The van der Waals surface area contributed by atoms with E-state index in [0.29, 0.717) is 23.6 Å². The van der Waals surface area contributed by atoms with Crippen LogP contribution in [0.3, 0.4) is 0 Å². The third kappa shape index (κ3) is 7.37. The molecule has 2 aromatic rings. The Labute approximate surface area is 182 Å². The number of rotatable bonds is 11. The van der Waals surface area contributed by atoms with E-state index in [1.165, 1.54) is 7.11 Å². The summed E-state index contributed by atoms with van der Waals surface area (Å²) in [5.41, 5.74) is 8.45. The molecule has 31 heavy (non-hydrogen) atoms. The second-order valence-corrected chi connectivity index (χ2v) is 8.59. The van der Waals surface area contributed by atoms with Gasteiger partial charge in [-0.3, -0.25) is 9.35 Å². The van der Waals surface area contributed by atoms with Crippen molar-refractivity contribution in [1.82, 2.24) is 15.3 Å². The minimum Gasteiger partial charge on any atom is -0.496 e. The summed E-state index contributed by atoms with van der Waals surface area (Å²) in [7, 11) is -2.61. The zero-order valence-corrected chi connectivity index (χ0v) is 18.8. The number of carbonyl (C=O) groups excluding carboxylic acids is 1.